The second-order valence-electron chi connectivity index (χ2n) is 6.29. The molecule has 2 rings (SSSR count). The number of hydrogen-bond donors (Lipinski definition) is 0. The molecule has 0 aliphatic rings. The number of aryl methyl sites for hydroxylation is 2. The zero-order chi connectivity index (χ0) is 20.0. The Balaban J connectivity index is 2.11. The molecule has 0 radical (unpaired) electrons. The fourth-order valence-corrected chi connectivity index (χ4v) is 4.16. The van der Waals surface area contributed by atoms with Gasteiger partial charge in [0.25, 0.3) is 5.56 Å². The van der Waals surface area contributed by atoms with Gasteiger partial charge in [-0.15, -0.1) is 0 Å². The lowest BCUT2D eigenvalue weighted by molar-refractivity contribution is 0.208. The van der Waals surface area contributed by atoms with Gasteiger partial charge in [-0.2, -0.15) is 0 Å². The molecule has 0 bridgehead atoms. The summed E-state index contributed by atoms with van der Waals surface area (Å²) < 4.78 is 27.2. The maximum Gasteiger partial charge on any atom is 0.332 e. The highest BCUT2D eigenvalue weighted by Gasteiger charge is 2.20. The molecule has 2 aromatic rings. The highest BCUT2D eigenvalue weighted by molar-refractivity contribution is 7.53. The van der Waals surface area contributed by atoms with E-state index in [9.17, 15) is 14.2 Å². The van der Waals surface area contributed by atoms with Gasteiger partial charge in [-0.3, -0.25) is 18.5 Å². The minimum absolute atomic E-state index is 0.260. The molecule has 1 unspecified atom stereocenters. The van der Waals surface area contributed by atoms with Crippen molar-refractivity contribution in [3.05, 3.63) is 27.2 Å². The second kappa shape index (κ2) is 9.48. The Bertz CT molecular complexity index is 930. The van der Waals surface area contributed by atoms with Gasteiger partial charge < -0.3 is 13.6 Å². The van der Waals surface area contributed by atoms with Crippen LogP contribution < -0.4 is 11.2 Å². The molecular formula is C17H29N4O5P. The first kappa shape index (κ1) is 21.6. The topological polar surface area (TPSA) is 97.4 Å². The first-order valence-corrected chi connectivity index (χ1v) is 11.1. The van der Waals surface area contributed by atoms with Crippen molar-refractivity contribution in [1.29, 1.82) is 0 Å². The van der Waals surface area contributed by atoms with Crippen LogP contribution in [0.3, 0.4) is 0 Å². The molecule has 0 saturated carbocycles. The number of unbranched alkanes of at least 4 members (excludes halogenated alkanes) is 1. The van der Waals surface area contributed by atoms with Gasteiger partial charge in [0.05, 0.1) is 19.5 Å². The van der Waals surface area contributed by atoms with Gasteiger partial charge >= 0.3 is 13.3 Å². The number of rotatable bonds is 11. The molecule has 0 spiro atoms. The summed E-state index contributed by atoms with van der Waals surface area (Å²) in [4.78, 5) is 29.5. The van der Waals surface area contributed by atoms with Crippen LogP contribution in [0.25, 0.3) is 11.2 Å². The maximum atomic E-state index is 12.8. The van der Waals surface area contributed by atoms with E-state index in [4.69, 9.17) is 9.05 Å². The molecule has 27 heavy (non-hydrogen) atoms. The van der Waals surface area contributed by atoms with Crippen LogP contribution in [0.2, 0.25) is 0 Å². The largest absolute Gasteiger partial charge is 0.332 e. The fourth-order valence-electron chi connectivity index (χ4n) is 2.92. The molecule has 0 aliphatic carbocycles. The first-order chi connectivity index (χ1) is 12.9. The van der Waals surface area contributed by atoms with E-state index in [2.05, 4.69) is 4.98 Å². The zero-order valence-electron chi connectivity index (χ0n) is 16.5. The standard InChI is InChI=1S/C17H29N4O5P/c1-5-10-20-13-18-15-14(20)16(22)21(17(23)19(15)4)11-8-9-12-26-27(24,7-3)25-6-2/h13H,5-12H2,1-4H3. The zero-order valence-corrected chi connectivity index (χ0v) is 17.4. The summed E-state index contributed by atoms with van der Waals surface area (Å²) in [6.07, 6.45) is 3.90. The van der Waals surface area contributed by atoms with Gasteiger partial charge in [-0.1, -0.05) is 13.8 Å². The van der Waals surface area contributed by atoms with Crippen LogP contribution in [0.1, 0.15) is 40.0 Å². The summed E-state index contributed by atoms with van der Waals surface area (Å²) in [6.45, 7) is 7.08. The Morgan fingerprint density at radius 3 is 2.48 bits per heavy atom. The average Bonchev–Trinajstić information content (AvgIpc) is 3.07. The predicted molar refractivity (Wildman–Crippen MR) is 104 cm³/mol. The molecule has 0 fully saturated rings. The third kappa shape index (κ3) is 4.78. The van der Waals surface area contributed by atoms with Crippen LogP contribution in [0, 0.1) is 0 Å². The smallest absolute Gasteiger partial charge is 0.325 e. The Kier molecular flexibility index (Phi) is 7.59. The lowest BCUT2D eigenvalue weighted by atomic mass is 10.3. The van der Waals surface area contributed by atoms with Gasteiger partial charge in [0.1, 0.15) is 0 Å². The summed E-state index contributed by atoms with van der Waals surface area (Å²) in [5.74, 6) is 0. The number of imidazole rings is 1. The lowest BCUT2D eigenvalue weighted by Gasteiger charge is -2.16. The SMILES string of the molecule is CCCn1cnc2c1c(=O)n(CCCCOP(=O)(CC)OCC)c(=O)n2C. The molecule has 0 aliphatic heterocycles. The number of hydrogen-bond acceptors (Lipinski definition) is 6. The molecule has 0 amide bonds. The Labute approximate surface area is 158 Å². The molecule has 0 saturated heterocycles. The Morgan fingerprint density at radius 2 is 1.85 bits per heavy atom. The number of nitrogens with zero attached hydrogens (tertiary/aromatic N) is 4. The van der Waals surface area contributed by atoms with Crippen molar-refractivity contribution in [3.63, 3.8) is 0 Å². The summed E-state index contributed by atoms with van der Waals surface area (Å²) >= 11 is 0. The maximum absolute atomic E-state index is 12.8. The molecule has 0 N–H and O–H groups in total. The van der Waals surface area contributed by atoms with Crippen LogP contribution in [-0.2, 0) is 33.7 Å². The van der Waals surface area contributed by atoms with Crippen LogP contribution in [-0.4, -0.2) is 38.1 Å². The van der Waals surface area contributed by atoms with Gasteiger partial charge in [-0.05, 0) is 26.2 Å². The van der Waals surface area contributed by atoms with E-state index in [1.54, 1.807) is 31.8 Å². The van der Waals surface area contributed by atoms with Crippen LogP contribution in [0.4, 0.5) is 0 Å². The van der Waals surface area contributed by atoms with Crippen LogP contribution >= 0.6 is 7.60 Å². The van der Waals surface area contributed by atoms with Crippen LogP contribution in [0.5, 0.6) is 0 Å². The summed E-state index contributed by atoms with van der Waals surface area (Å²) in [5.41, 5.74) is 0.137. The minimum Gasteiger partial charge on any atom is -0.325 e. The highest BCUT2D eigenvalue weighted by atomic mass is 31.2. The van der Waals surface area contributed by atoms with Gasteiger partial charge in [0, 0.05) is 26.3 Å². The second-order valence-corrected chi connectivity index (χ2v) is 8.66. The Hall–Kier alpha value is -1.70. The monoisotopic (exact) mass is 400 g/mol. The lowest BCUT2D eigenvalue weighted by Crippen LogP contribution is -2.39. The third-order valence-corrected chi connectivity index (χ3v) is 6.35. The van der Waals surface area contributed by atoms with Crippen molar-refractivity contribution in [3.8, 4) is 0 Å². The van der Waals surface area contributed by atoms with E-state index in [1.807, 2.05) is 6.92 Å². The predicted octanol–water partition coefficient (Wildman–Crippen LogP) is 2.35. The molecular weight excluding hydrogens is 371 g/mol. The van der Waals surface area contributed by atoms with Crippen molar-refractivity contribution in [1.82, 2.24) is 18.7 Å². The van der Waals surface area contributed by atoms with E-state index in [0.717, 1.165) is 6.42 Å². The molecule has 10 heteroatoms. The average molecular weight is 400 g/mol. The fraction of sp³-hybridized carbons (Fsp3) is 0.706. The summed E-state index contributed by atoms with van der Waals surface area (Å²) in [6, 6.07) is 0. The summed E-state index contributed by atoms with van der Waals surface area (Å²) in [5, 5.41) is 0. The first-order valence-electron chi connectivity index (χ1n) is 9.41. The third-order valence-electron chi connectivity index (χ3n) is 4.34. The summed E-state index contributed by atoms with van der Waals surface area (Å²) in [7, 11) is -1.41. The quantitative estimate of drug-likeness (QED) is 0.424. The van der Waals surface area contributed by atoms with Crippen molar-refractivity contribution in [2.75, 3.05) is 19.4 Å². The van der Waals surface area contributed by atoms with Gasteiger partial charge in [0.2, 0.25) is 0 Å². The van der Waals surface area contributed by atoms with Gasteiger partial charge in [-0.25, -0.2) is 9.78 Å². The molecule has 9 nitrogen and oxygen atoms in total. The van der Waals surface area contributed by atoms with E-state index in [-0.39, 0.29) is 24.4 Å². The van der Waals surface area contributed by atoms with Crippen molar-refractivity contribution < 1.29 is 13.6 Å². The van der Waals surface area contributed by atoms with Crippen LogP contribution in [0.15, 0.2) is 15.9 Å². The normalized spacial score (nSPS) is 13.9. The molecule has 2 heterocycles. The molecule has 1 atom stereocenters. The number of aromatic nitrogens is 4. The molecule has 152 valence electrons. The van der Waals surface area contributed by atoms with E-state index >= 15 is 0 Å². The minimum atomic E-state index is -3.02. The highest BCUT2D eigenvalue weighted by Crippen LogP contribution is 2.47. The molecule has 0 aromatic carbocycles. The van der Waals surface area contributed by atoms with E-state index in [0.29, 0.717) is 43.3 Å². The van der Waals surface area contributed by atoms with Crippen molar-refractivity contribution >= 4 is 18.8 Å². The molecule has 2 aromatic heterocycles. The van der Waals surface area contributed by atoms with Crippen molar-refractivity contribution in [2.24, 2.45) is 7.05 Å². The van der Waals surface area contributed by atoms with E-state index < -0.39 is 7.60 Å². The number of fused-ring (bicyclic) bond motifs is 1. The van der Waals surface area contributed by atoms with E-state index in [1.165, 1.54) is 9.13 Å². The van der Waals surface area contributed by atoms with Crippen molar-refractivity contribution in [2.45, 2.75) is 53.1 Å². The Morgan fingerprint density at radius 1 is 1.11 bits per heavy atom. The van der Waals surface area contributed by atoms with Gasteiger partial charge in [0.15, 0.2) is 11.2 Å².